The Morgan fingerprint density at radius 1 is 1.00 bits per heavy atom. The summed E-state index contributed by atoms with van der Waals surface area (Å²) >= 11 is 0. The second kappa shape index (κ2) is 7.93. The van der Waals surface area contributed by atoms with E-state index in [4.69, 9.17) is 0 Å². The Morgan fingerprint density at radius 3 is 2.39 bits per heavy atom. The van der Waals surface area contributed by atoms with Crippen molar-refractivity contribution in [2.45, 2.75) is 13.3 Å². The molecular formula is C17H18FN3O2. The SMILES string of the molecule is CC(=O)Nc1cccc(NC(=O)CCNc2ccccc2F)c1. The van der Waals surface area contributed by atoms with Gasteiger partial charge in [0, 0.05) is 31.3 Å². The lowest BCUT2D eigenvalue weighted by Crippen LogP contribution is -2.16. The highest BCUT2D eigenvalue weighted by Crippen LogP contribution is 2.15. The van der Waals surface area contributed by atoms with Crippen molar-refractivity contribution >= 4 is 28.9 Å². The van der Waals surface area contributed by atoms with E-state index in [2.05, 4.69) is 16.0 Å². The van der Waals surface area contributed by atoms with Gasteiger partial charge in [0.15, 0.2) is 0 Å². The van der Waals surface area contributed by atoms with Crippen molar-refractivity contribution in [3.8, 4) is 0 Å². The fourth-order valence-corrected chi connectivity index (χ4v) is 2.02. The molecular weight excluding hydrogens is 297 g/mol. The molecule has 0 aliphatic heterocycles. The highest BCUT2D eigenvalue weighted by Gasteiger charge is 2.05. The van der Waals surface area contributed by atoms with Gasteiger partial charge in [0.1, 0.15) is 5.82 Å². The van der Waals surface area contributed by atoms with E-state index in [1.54, 1.807) is 42.5 Å². The van der Waals surface area contributed by atoms with Crippen molar-refractivity contribution in [2.75, 3.05) is 22.5 Å². The second-order valence-corrected chi connectivity index (χ2v) is 4.97. The van der Waals surface area contributed by atoms with Crippen LogP contribution in [-0.2, 0) is 9.59 Å². The highest BCUT2D eigenvalue weighted by molar-refractivity contribution is 5.93. The predicted octanol–water partition coefficient (Wildman–Crippen LogP) is 3.22. The first-order valence-corrected chi connectivity index (χ1v) is 7.20. The second-order valence-electron chi connectivity index (χ2n) is 4.97. The van der Waals surface area contributed by atoms with Gasteiger partial charge in [0.25, 0.3) is 0 Å². The number of para-hydroxylation sites is 1. The summed E-state index contributed by atoms with van der Waals surface area (Å²) in [4.78, 5) is 22.9. The molecule has 23 heavy (non-hydrogen) atoms. The number of halogens is 1. The number of nitrogens with one attached hydrogen (secondary N) is 3. The van der Waals surface area contributed by atoms with E-state index in [9.17, 15) is 14.0 Å². The zero-order valence-corrected chi connectivity index (χ0v) is 12.7. The zero-order chi connectivity index (χ0) is 16.7. The molecule has 2 rings (SSSR count). The number of anilines is 3. The summed E-state index contributed by atoms with van der Waals surface area (Å²) in [5.74, 6) is -0.729. The Labute approximate surface area is 133 Å². The molecule has 0 unspecified atom stereocenters. The van der Waals surface area contributed by atoms with Crippen LogP contribution in [-0.4, -0.2) is 18.4 Å². The molecule has 0 saturated heterocycles. The maximum Gasteiger partial charge on any atom is 0.226 e. The minimum atomic E-state index is -0.351. The number of hydrogen-bond donors (Lipinski definition) is 3. The minimum Gasteiger partial charge on any atom is -0.382 e. The molecule has 0 aliphatic rings. The molecule has 0 aromatic heterocycles. The summed E-state index contributed by atoms with van der Waals surface area (Å²) in [5.41, 5.74) is 1.57. The predicted molar refractivity (Wildman–Crippen MR) is 88.9 cm³/mol. The van der Waals surface area contributed by atoms with E-state index in [1.165, 1.54) is 13.0 Å². The Kier molecular flexibility index (Phi) is 5.68. The van der Waals surface area contributed by atoms with Crippen LogP contribution in [0.4, 0.5) is 21.5 Å². The lowest BCUT2D eigenvalue weighted by atomic mass is 10.2. The largest absolute Gasteiger partial charge is 0.382 e. The third kappa shape index (κ3) is 5.43. The van der Waals surface area contributed by atoms with Gasteiger partial charge in [-0.2, -0.15) is 0 Å². The molecule has 2 amide bonds. The fourth-order valence-electron chi connectivity index (χ4n) is 2.02. The lowest BCUT2D eigenvalue weighted by molar-refractivity contribution is -0.116. The molecule has 120 valence electrons. The number of carbonyl (C=O) groups is 2. The molecule has 0 radical (unpaired) electrons. The molecule has 5 nitrogen and oxygen atoms in total. The van der Waals surface area contributed by atoms with Crippen molar-refractivity contribution < 1.29 is 14.0 Å². The summed E-state index contributed by atoms with van der Waals surface area (Å²) in [7, 11) is 0. The van der Waals surface area contributed by atoms with Crippen LogP contribution in [0.5, 0.6) is 0 Å². The number of carbonyl (C=O) groups excluding carboxylic acids is 2. The van der Waals surface area contributed by atoms with Crippen molar-refractivity contribution in [1.82, 2.24) is 0 Å². The van der Waals surface area contributed by atoms with E-state index >= 15 is 0 Å². The first kappa shape index (κ1) is 16.5. The molecule has 0 saturated carbocycles. The third-order valence-corrected chi connectivity index (χ3v) is 3.01. The van der Waals surface area contributed by atoms with E-state index in [-0.39, 0.29) is 24.1 Å². The van der Waals surface area contributed by atoms with Crippen LogP contribution in [0.1, 0.15) is 13.3 Å². The first-order chi connectivity index (χ1) is 11.0. The summed E-state index contributed by atoms with van der Waals surface area (Å²) in [6.45, 7) is 1.73. The van der Waals surface area contributed by atoms with Gasteiger partial charge in [-0.05, 0) is 30.3 Å². The summed E-state index contributed by atoms with van der Waals surface area (Å²) in [6.07, 6.45) is 0.193. The topological polar surface area (TPSA) is 70.2 Å². The lowest BCUT2D eigenvalue weighted by Gasteiger charge is -2.09. The van der Waals surface area contributed by atoms with Gasteiger partial charge in [0.2, 0.25) is 11.8 Å². The molecule has 2 aromatic rings. The first-order valence-electron chi connectivity index (χ1n) is 7.20. The maximum absolute atomic E-state index is 13.4. The van der Waals surface area contributed by atoms with E-state index in [1.807, 2.05) is 0 Å². The fraction of sp³-hybridized carbons (Fsp3) is 0.176. The number of amides is 2. The van der Waals surface area contributed by atoms with Crippen molar-refractivity contribution in [1.29, 1.82) is 0 Å². The van der Waals surface area contributed by atoms with Crippen LogP contribution >= 0.6 is 0 Å². The van der Waals surface area contributed by atoms with Gasteiger partial charge < -0.3 is 16.0 Å². The van der Waals surface area contributed by atoms with Gasteiger partial charge in [0.05, 0.1) is 5.69 Å². The van der Waals surface area contributed by atoms with Crippen LogP contribution in [0.2, 0.25) is 0 Å². The van der Waals surface area contributed by atoms with Gasteiger partial charge in [-0.1, -0.05) is 18.2 Å². The third-order valence-electron chi connectivity index (χ3n) is 3.01. The normalized spacial score (nSPS) is 10.0. The van der Waals surface area contributed by atoms with Crippen LogP contribution < -0.4 is 16.0 Å². The van der Waals surface area contributed by atoms with Crippen LogP contribution in [0.15, 0.2) is 48.5 Å². The molecule has 2 aromatic carbocycles. The molecule has 0 atom stereocenters. The zero-order valence-electron chi connectivity index (χ0n) is 12.7. The van der Waals surface area contributed by atoms with Crippen molar-refractivity contribution in [3.63, 3.8) is 0 Å². The quantitative estimate of drug-likeness (QED) is 0.766. The minimum absolute atomic E-state index is 0.178. The number of benzene rings is 2. The Hall–Kier alpha value is -2.89. The van der Waals surface area contributed by atoms with Gasteiger partial charge in [-0.25, -0.2) is 4.39 Å². The van der Waals surface area contributed by atoms with Gasteiger partial charge in [-0.15, -0.1) is 0 Å². The van der Waals surface area contributed by atoms with E-state index in [0.29, 0.717) is 23.6 Å². The summed E-state index contributed by atoms with van der Waals surface area (Å²) < 4.78 is 13.4. The van der Waals surface area contributed by atoms with Gasteiger partial charge in [-0.3, -0.25) is 9.59 Å². The monoisotopic (exact) mass is 315 g/mol. The molecule has 0 spiro atoms. The molecule has 0 fully saturated rings. The average molecular weight is 315 g/mol. The Morgan fingerprint density at radius 2 is 1.70 bits per heavy atom. The van der Waals surface area contributed by atoms with Crippen molar-refractivity contribution in [2.24, 2.45) is 0 Å². The summed E-state index contributed by atoms with van der Waals surface area (Å²) in [6, 6.07) is 13.2. The molecule has 3 N–H and O–H groups in total. The van der Waals surface area contributed by atoms with Gasteiger partial charge >= 0.3 is 0 Å². The Balaban J connectivity index is 1.83. The van der Waals surface area contributed by atoms with Crippen LogP contribution in [0.3, 0.4) is 0 Å². The number of rotatable bonds is 6. The molecule has 0 aliphatic carbocycles. The summed E-state index contributed by atoms with van der Waals surface area (Å²) in [5, 5.41) is 8.25. The average Bonchev–Trinajstić information content (AvgIpc) is 2.49. The molecule has 6 heteroatoms. The van der Waals surface area contributed by atoms with Crippen LogP contribution in [0.25, 0.3) is 0 Å². The molecule has 0 bridgehead atoms. The van der Waals surface area contributed by atoms with E-state index in [0.717, 1.165) is 0 Å². The molecule has 0 heterocycles. The van der Waals surface area contributed by atoms with E-state index < -0.39 is 0 Å². The standard InChI is InChI=1S/C17H18FN3O2/c1-12(22)20-13-5-4-6-14(11-13)21-17(23)9-10-19-16-8-3-2-7-15(16)18/h2-8,11,19H,9-10H2,1H3,(H,20,22)(H,21,23). The van der Waals surface area contributed by atoms with Crippen LogP contribution in [0, 0.1) is 5.82 Å². The number of hydrogen-bond acceptors (Lipinski definition) is 3. The smallest absolute Gasteiger partial charge is 0.226 e. The highest BCUT2D eigenvalue weighted by atomic mass is 19.1. The van der Waals surface area contributed by atoms with Crippen molar-refractivity contribution in [3.05, 3.63) is 54.3 Å². The Bertz CT molecular complexity index is 704. The maximum atomic E-state index is 13.4.